The summed E-state index contributed by atoms with van der Waals surface area (Å²) in [6, 6.07) is 4.54. The number of hydrogen-bond acceptors (Lipinski definition) is 9. The summed E-state index contributed by atoms with van der Waals surface area (Å²) in [6.45, 7) is 3.70. The van der Waals surface area contributed by atoms with Crippen molar-refractivity contribution >= 4 is 29.6 Å². The molecule has 1 aliphatic rings. The Labute approximate surface area is 158 Å². The summed E-state index contributed by atoms with van der Waals surface area (Å²) in [4.78, 5) is 31.0. The van der Waals surface area contributed by atoms with Gasteiger partial charge in [0.25, 0.3) is 11.6 Å². The number of nitrogens with zero attached hydrogens (tertiary/aromatic N) is 4. The van der Waals surface area contributed by atoms with Crippen molar-refractivity contribution in [2.24, 2.45) is 5.10 Å². The topological polar surface area (TPSA) is 129 Å². The fourth-order valence-corrected chi connectivity index (χ4v) is 3.04. The van der Waals surface area contributed by atoms with Gasteiger partial charge in [0.05, 0.1) is 28.5 Å². The molecule has 0 spiro atoms. The van der Waals surface area contributed by atoms with Gasteiger partial charge in [-0.3, -0.25) is 14.9 Å². The fraction of sp³-hybridized carbons (Fsp3) is 0.250. The molecule has 0 saturated heterocycles. The number of aromatic nitrogens is 2. The molecule has 1 aromatic heterocycles. The highest BCUT2D eigenvalue weighted by Gasteiger charge is 2.22. The largest absolute Gasteiger partial charge is 0.454 e. The van der Waals surface area contributed by atoms with Crippen molar-refractivity contribution in [1.29, 1.82) is 0 Å². The summed E-state index contributed by atoms with van der Waals surface area (Å²) in [5, 5.41) is 15.5. The van der Waals surface area contributed by atoms with Crippen molar-refractivity contribution in [2.45, 2.75) is 19.0 Å². The number of hydrazone groups is 1. The van der Waals surface area contributed by atoms with E-state index in [1.165, 1.54) is 30.1 Å². The average molecular weight is 389 g/mol. The van der Waals surface area contributed by atoms with Crippen LogP contribution in [0.3, 0.4) is 0 Å². The Hall–Kier alpha value is -3.21. The van der Waals surface area contributed by atoms with Crippen molar-refractivity contribution in [3.05, 3.63) is 45.3 Å². The second kappa shape index (κ2) is 7.99. The van der Waals surface area contributed by atoms with Gasteiger partial charge >= 0.3 is 0 Å². The Balaban J connectivity index is 1.61. The van der Waals surface area contributed by atoms with E-state index in [1.54, 1.807) is 0 Å². The minimum Gasteiger partial charge on any atom is -0.454 e. The van der Waals surface area contributed by atoms with E-state index in [2.05, 4.69) is 20.5 Å². The molecule has 27 heavy (non-hydrogen) atoms. The van der Waals surface area contributed by atoms with Crippen LogP contribution in [0.15, 0.2) is 28.5 Å². The molecule has 0 fully saturated rings. The van der Waals surface area contributed by atoms with Crippen LogP contribution in [0.4, 0.5) is 5.69 Å². The first-order chi connectivity index (χ1) is 12.9. The lowest BCUT2D eigenvalue weighted by Gasteiger charge is -2.03. The zero-order chi connectivity index (χ0) is 19.4. The molecule has 140 valence electrons. The molecule has 0 unspecified atom stereocenters. The first kappa shape index (κ1) is 18.6. The maximum absolute atomic E-state index is 11.9. The van der Waals surface area contributed by atoms with Gasteiger partial charge in [-0.15, -0.1) is 0 Å². The van der Waals surface area contributed by atoms with Crippen molar-refractivity contribution in [2.75, 3.05) is 12.5 Å². The zero-order valence-electron chi connectivity index (χ0n) is 14.5. The fourth-order valence-electron chi connectivity index (χ4n) is 2.30. The van der Waals surface area contributed by atoms with E-state index in [1.807, 2.05) is 19.9 Å². The van der Waals surface area contributed by atoms with E-state index in [0.29, 0.717) is 16.7 Å². The number of fused-ring (bicyclic) bond motifs is 1. The molecule has 0 radical (unpaired) electrons. The standard InChI is InChI=1S/C16H15N5O5S/c1-9-3-10(2)19-16(18-9)27-7-15(22)20-17-6-11-4-13-14(26-8-25-13)5-12(11)21(23)24/h3-6H,7-8H2,1-2H3,(H,20,22)/b17-6-. The third-order valence-corrected chi connectivity index (χ3v) is 4.25. The van der Waals surface area contributed by atoms with Crippen LogP contribution in [0, 0.1) is 24.0 Å². The third-order valence-electron chi connectivity index (χ3n) is 3.41. The monoisotopic (exact) mass is 389 g/mol. The second-order valence-corrected chi connectivity index (χ2v) is 6.48. The van der Waals surface area contributed by atoms with Crippen LogP contribution in [0.1, 0.15) is 17.0 Å². The van der Waals surface area contributed by atoms with Gasteiger partial charge < -0.3 is 9.47 Å². The van der Waals surface area contributed by atoms with Gasteiger partial charge in [-0.05, 0) is 26.0 Å². The Morgan fingerprint density at radius 2 is 1.96 bits per heavy atom. The van der Waals surface area contributed by atoms with Gasteiger partial charge in [0, 0.05) is 11.4 Å². The van der Waals surface area contributed by atoms with E-state index in [-0.39, 0.29) is 29.7 Å². The molecule has 2 heterocycles. The molecule has 1 aromatic carbocycles. The summed E-state index contributed by atoms with van der Waals surface area (Å²) in [5.74, 6) is 0.356. The van der Waals surface area contributed by atoms with Crippen molar-refractivity contribution in [3.63, 3.8) is 0 Å². The summed E-state index contributed by atoms with van der Waals surface area (Å²) in [6.07, 6.45) is 1.19. The molecule has 1 N–H and O–H groups in total. The highest BCUT2D eigenvalue weighted by Crippen LogP contribution is 2.37. The molecule has 0 bridgehead atoms. The quantitative estimate of drug-likeness (QED) is 0.261. The van der Waals surface area contributed by atoms with E-state index >= 15 is 0 Å². The summed E-state index contributed by atoms with van der Waals surface area (Å²) in [7, 11) is 0. The number of thioether (sulfide) groups is 1. The predicted molar refractivity (Wildman–Crippen MR) is 97.2 cm³/mol. The maximum Gasteiger partial charge on any atom is 0.282 e. The number of carbonyl (C=O) groups is 1. The van der Waals surface area contributed by atoms with E-state index < -0.39 is 4.92 Å². The van der Waals surface area contributed by atoms with Gasteiger partial charge in [-0.1, -0.05) is 11.8 Å². The number of ether oxygens (including phenoxy) is 2. The van der Waals surface area contributed by atoms with Crippen LogP contribution in [0.5, 0.6) is 11.5 Å². The normalized spacial score (nSPS) is 12.4. The van der Waals surface area contributed by atoms with Crippen LogP contribution < -0.4 is 14.9 Å². The molecule has 2 aromatic rings. The summed E-state index contributed by atoms with van der Waals surface area (Å²) in [5.41, 5.74) is 3.95. The third kappa shape index (κ3) is 4.70. The molecular weight excluding hydrogens is 374 g/mol. The number of amides is 1. The van der Waals surface area contributed by atoms with E-state index in [0.717, 1.165) is 11.4 Å². The summed E-state index contributed by atoms with van der Waals surface area (Å²) >= 11 is 1.17. The molecule has 1 amide bonds. The first-order valence-electron chi connectivity index (χ1n) is 7.77. The highest BCUT2D eigenvalue weighted by atomic mass is 32.2. The molecule has 0 saturated carbocycles. The van der Waals surface area contributed by atoms with E-state index in [4.69, 9.17) is 9.47 Å². The lowest BCUT2D eigenvalue weighted by Crippen LogP contribution is -2.20. The molecule has 1 aliphatic heterocycles. The minimum atomic E-state index is -0.557. The minimum absolute atomic E-state index is 0.00154. The first-order valence-corrected chi connectivity index (χ1v) is 8.76. The molecule has 3 rings (SSSR count). The van der Waals surface area contributed by atoms with Crippen molar-refractivity contribution in [1.82, 2.24) is 15.4 Å². The lowest BCUT2D eigenvalue weighted by molar-refractivity contribution is -0.385. The lowest BCUT2D eigenvalue weighted by atomic mass is 10.1. The van der Waals surface area contributed by atoms with Crippen LogP contribution in [-0.2, 0) is 4.79 Å². The molecule has 0 atom stereocenters. The number of nitro groups is 1. The van der Waals surface area contributed by atoms with Gasteiger partial charge in [0.15, 0.2) is 16.7 Å². The molecule has 0 aliphatic carbocycles. The number of rotatable bonds is 6. The Bertz CT molecular complexity index is 913. The second-order valence-electron chi connectivity index (χ2n) is 5.54. The van der Waals surface area contributed by atoms with Gasteiger partial charge in [-0.2, -0.15) is 5.10 Å². The molecular formula is C16H15N5O5S. The number of hydrogen-bond donors (Lipinski definition) is 1. The van der Waals surface area contributed by atoms with Gasteiger partial charge in [0.2, 0.25) is 6.79 Å². The smallest absolute Gasteiger partial charge is 0.282 e. The SMILES string of the molecule is Cc1cc(C)nc(SCC(=O)N/N=C\c2cc3c(cc2[N+](=O)[O-])OCO3)n1. The zero-order valence-corrected chi connectivity index (χ0v) is 15.3. The molecule has 11 heteroatoms. The number of carbonyl (C=O) groups excluding carboxylic acids is 1. The Morgan fingerprint density at radius 3 is 2.63 bits per heavy atom. The molecule has 10 nitrogen and oxygen atoms in total. The van der Waals surface area contributed by atoms with Crippen LogP contribution in [0.2, 0.25) is 0 Å². The number of nitrogens with one attached hydrogen (secondary N) is 1. The predicted octanol–water partition coefficient (Wildman–Crippen LogP) is 1.97. The van der Waals surface area contributed by atoms with Gasteiger partial charge in [0.1, 0.15) is 0 Å². The van der Waals surface area contributed by atoms with Crippen molar-refractivity contribution < 1.29 is 19.2 Å². The highest BCUT2D eigenvalue weighted by molar-refractivity contribution is 7.99. The summed E-state index contributed by atoms with van der Waals surface area (Å²) < 4.78 is 10.3. The van der Waals surface area contributed by atoms with Crippen LogP contribution >= 0.6 is 11.8 Å². The van der Waals surface area contributed by atoms with Crippen molar-refractivity contribution in [3.8, 4) is 11.5 Å². The average Bonchev–Trinajstić information content (AvgIpc) is 3.05. The Morgan fingerprint density at radius 1 is 1.30 bits per heavy atom. The van der Waals surface area contributed by atoms with Gasteiger partial charge in [-0.25, -0.2) is 15.4 Å². The Kier molecular flexibility index (Phi) is 5.50. The van der Waals surface area contributed by atoms with Crippen LogP contribution in [-0.4, -0.2) is 39.6 Å². The number of nitro benzene ring substituents is 1. The van der Waals surface area contributed by atoms with E-state index in [9.17, 15) is 14.9 Å². The van der Waals surface area contributed by atoms with Crippen LogP contribution in [0.25, 0.3) is 0 Å². The maximum atomic E-state index is 11.9. The number of aryl methyl sites for hydroxylation is 2. The number of benzene rings is 1.